The molecule has 0 aromatic heterocycles. The van der Waals surface area contributed by atoms with Crippen LogP contribution in [0.15, 0.2) is 24.3 Å². The zero-order chi connectivity index (χ0) is 14.8. The molecular weight excluding hydrogens is 244 g/mol. The highest BCUT2D eigenvalue weighted by Crippen LogP contribution is 2.25. The van der Waals surface area contributed by atoms with E-state index in [0.29, 0.717) is 5.69 Å². The highest BCUT2D eigenvalue weighted by molar-refractivity contribution is 5.92. The van der Waals surface area contributed by atoms with Crippen molar-refractivity contribution in [2.75, 3.05) is 5.73 Å². The van der Waals surface area contributed by atoms with Crippen molar-refractivity contribution >= 4 is 17.6 Å². The lowest BCUT2D eigenvalue weighted by Gasteiger charge is -2.29. The van der Waals surface area contributed by atoms with Crippen LogP contribution in [-0.4, -0.2) is 22.5 Å². The van der Waals surface area contributed by atoms with Crippen LogP contribution >= 0.6 is 0 Å². The number of carboxylic acids is 1. The van der Waals surface area contributed by atoms with Gasteiger partial charge in [-0.05, 0) is 45.4 Å². The van der Waals surface area contributed by atoms with E-state index in [1.165, 1.54) is 13.8 Å². The van der Waals surface area contributed by atoms with Crippen molar-refractivity contribution in [1.82, 2.24) is 5.32 Å². The topological polar surface area (TPSA) is 92.4 Å². The maximum atomic E-state index is 12.3. The standard InChI is InChI=1S/C14H20N2O3/c1-13(2,9-5-7-10(15)8-6-9)11(17)16-14(3,4)12(18)19/h5-8H,15H2,1-4H3,(H,16,17)(H,18,19). The number of aliphatic carboxylic acids is 1. The number of carbonyl (C=O) groups excluding carboxylic acids is 1. The minimum atomic E-state index is -1.30. The minimum absolute atomic E-state index is 0.343. The number of anilines is 1. The maximum Gasteiger partial charge on any atom is 0.328 e. The van der Waals surface area contributed by atoms with Crippen molar-refractivity contribution in [2.45, 2.75) is 38.6 Å². The first-order chi connectivity index (χ1) is 8.57. The first kappa shape index (κ1) is 15.0. The van der Waals surface area contributed by atoms with Gasteiger partial charge in [-0.2, -0.15) is 0 Å². The lowest BCUT2D eigenvalue weighted by atomic mass is 9.83. The van der Waals surface area contributed by atoms with E-state index < -0.39 is 16.9 Å². The number of amides is 1. The summed E-state index contributed by atoms with van der Waals surface area (Å²) in [4.78, 5) is 23.3. The van der Waals surface area contributed by atoms with Gasteiger partial charge in [-0.25, -0.2) is 4.79 Å². The van der Waals surface area contributed by atoms with Gasteiger partial charge in [0.05, 0.1) is 5.41 Å². The molecule has 0 heterocycles. The van der Waals surface area contributed by atoms with Crippen LogP contribution in [0.2, 0.25) is 0 Å². The molecule has 0 unspecified atom stereocenters. The second-order valence-corrected chi connectivity index (χ2v) is 5.63. The predicted molar refractivity (Wildman–Crippen MR) is 73.7 cm³/mol. The Labute approximate surface area is 112 Å². The first-order valence-corrected chi connectivity index (χ1v) is 5.99. The maximum absolute atomic E-state index is 12.3. The molecule has 0 atom stereocenters. The molecule has 0 saturated carbocycles. The fraction of sp³-hybridized carbons (Fsp3) is 0.429. The lowest BCUT2D eigenvalue weighted by molar-refractivity contribution is -0.146. The van der Waals surface area contributed by atoms with E-state index in [4.69, 9.17) is 10.8 Å². The van der Waals surface area contributed by atoms with Crippen molar-refractivity contribution in [2.24, 2.45) is 0 Å². The van der Waals surface area contributed by atoms with Crippen molar-refractivity contribution < 1.29 is 14.7 Å². The molecule has 0 aliphatic heterocycles. The molecule has 0 radical (unpaired) electrons. The summed E-state index contributed by atoms with van der Waals surface area (Å²) in [6, 6.07) is 6.96. The number of benzene rings is 1. The minimum Gasteiger partial charge on any atom is -0.480 e. The van der Waals surface area contributed by atoms with Crippen molar-refractivity contribution in [3.63, 3.8) is 0 Å². The molecule has 104 valence electrons. The Morgan fingerprint density at radius 1 is 1.11 bits per heavy atom. The summed E-state index contributed by atoms with van der Waals surface area (Å²) in [7, 11) is 0. The molecule has 1 aromatic rings. The van der Waals surface area contributed by atoms with Crippen LogP contribution in [0, 0.1) is 0 Å². The number of hydrogen-bond acceptors (Lipinski definition) is 3. The van der Waals surface area contributed by atoms with E-state index in [1.807, 2.05) is 0 Å². The fourth-order valence-electron chi connectivity index (χ4n) is 1.52. The monoisotopic (exact) mass is 264 g/mol. The van der Waals surface area contributed by atoms with E-state index in [-0.39, 0.29) is 5.91 Å². The van der Waals surface area contributed by atoms with Gasteiger partial charge in [0.2, 0.25) is 5.91 Å². The molecular formula is C14H20N2O3. The highest BCUT2D eigenvalue weighted by Gasteiger charge is 2.36. The summed E-state index contributed by atoms with van der Waals surface area (Å²) in [6.07, 6.45) is 0. The van der Waals surface area contributed by atoms with Gasteiger partial charge in [0.25, 0.3) is 0 Å². The number of nitrogens with one attached hydrogen (secondary N) is 1. The summed E-state index contributed by atoms with van der Waals surface area (Å²) in [5.74, 6) is -1.42. The number of nitrogens with two attached hydrogens (primary N) is 1. The Morgan fingerprint density at radius 3 is 2.00 bits per heavy atom. The molecule has 19 heavy (non-hydrogen) atoms. The molecule has 1 amide bonds. The van der Waals surface area contributed by atoms with Crippen LogP contribution in [0.4, 0.5) is 5.69 Å². The Hall–Kier alpha value is -2.04. The van der Waals surface area contributed by atoms with Crippen molar-refractivity contribution in [1.29, 1.82) is 0 Å². The zero-order valence-corrected chi connectivity index (χ0v) is 11.7. The molecule has 0 fully saturated rings. The average molecular weight is 264 g/mol. The van der Waals surface area contributed by atoms with Crippen LogP contribution in [0.5, 0.6) is 0 Å². The van der Waals surface area contributed by atoms with Gasteiger partial charge in [-0.3, -0.25) is 4.79 Å². The fourth-order valence-corrected chi connectivity index (χ4v) is 1.52. The molecule has 1 rings (SSSR count). The molecule has 0 spiro atoms. The third kappa shape index (κ3) is 3.24. The van der Waals surface area contributed by atoms with E-state index in [2.05, 4.69) is 5.32 Å². The summed E-state index contributed by atoms with van der Waals surface area (Å²) in [6.45, 7) is 6.39. The van der Waals surface area contributed by atoms with Gasteiger partial charge in [0.1, 0.15) is 5.54 Å². The van der Waals surface area contributed by atoms with Crippen molar-refractivity contribution in [3.8, 4) is 0 Å². The largest absolute Gasteiger partial charge is 0.480 e. The smallest absolute Gasteiger partial charge is 0.328 e. The van der Waals surface area contributed by atoms with E-state index >= 15 is 0 Å². The summed E-state index contributed by atoms with van der Waals surface area (Å²) < 4.78 is 0. The lowest BCUT2D eigenvalue weighted by Crippen LogP contribution is -2.54. The number of carbonyl (C=O) groups is 2. The Morgan fingerprint density at radius 2 is 1.58 bits per heavy atom. The van der Waals surface area contributed by atoms with Crippen LogP contribution in [0.25, 0.3) is 0 Å². The Balaban J connectivity index is 2.97. The van der Waals surface area contributed by atoms with Crippen LogP contribution in [-0.2, 0) is 15.0 Å². The van der Waals surface area contributed by atoms with E-state index in [9.17, 15) is 9.59 Å². The molecule has 4 N–H and O–H groups in total. The van der Waals surface area contributed by atoms with Crippen LogP contribution in [0.3, 0.4) is 0 Å². The predicted octanol–water partition coefficient (Wildman–Crippen LogP) is 1.53. The van der Waals surface area contributed by atoms with Crippen LogP contribution < -0.4 is 11.1 Å². The third-order valence-electron chi connectivity index (χ3n) is 3.16. The molecule has 0 aliphatic rings. The zero-order valence-electron chi connectivity index (χ0n) is 11.7. The van der Waals surface area contributed by atoms with Gasteiger partial charge in [-0.1, -0.05) is 12.1 Å². The molecule has 1 aromatic carbocycles. The van der Waals surface area contributed by atoms with Gasteiger partial charge in [-0.15, -0.1) is 0 Å². The third-order valence-corrected chi connectivity index (χ3v) is 3.16. The van der Waals surface area contributed by atoms with Gasteiger partial charge in [0.15, 0.2) is 0 Å². The van der Waals surface area contributed by atoms with E-state index in [0.717, 1.165) is 5.56 Å². The Bertz CT molecular complexity index is 490. The van der Waals surface area contributed by atoms with Gasteiger partial charge >= 0.3 is 5.97 Å². The second-order valence-electron chi connectivity index (χ2n) is 5.63. The molecule has 0 bridgehead atoms. The number of carboxylic acid groups (broad SMARTS) is 1. The molecule has 5 nitrogen and oxygen atoms in total. The quantitative estimate of drug-likeness (QED) is 0.719. The summed E-state index contributed by atoms with van der Waals surface area (Å²) in [5, 5.41) is 11.6. The summed E-state index contributed by atoms with van der Waals surface area (Å²) in [5.41, 5.74) is 4.87. The Kier molecular flexibility index (Phi) is 3.88. The second kappa shape index (κ2) is 4.91. The van der Waals surface area contributed by atoms with Gasteiger partial charge in [0, 0.05) is 5.69 Å². The average Bonchev–Trinajstić information content (AvgIpc) is 2.28. The highest BCUT2D eigenvalue weighted by atomic mass is 16.4. The number of hydrogen-bond donors (Lipinski definition) is 3. The number of nitrogen functional groups attached to an aromatic ring is 1. The molecule has 5 heteroatoms. The van der Waals surface area contributed by atoms with E-state index in [1.54, 1.807) is 38.1 Å². The molecule has 0 saturated heterocycles. The summed E-state index contributed by atoms with van der Waals surface area (Å²) >= 11 is 0. The van der Waals surface area contributed by atoms with Crippen molar-refractivity contribution in [3.05, 3.63) is 29.8 Å². The van der Waals surface area contributed by atoms with Crippen LogP contribution in [0.1, 0.15) is 33.3 Å². The SMILES string of the molecule is CC(C)(NC(=O)C(C)(C)c1ccc(N)cc1)C(=O)O. The van der Waals surface area contributed by atoms with Gasteiger partial charge < -0.3 is 16.2 Å². The molecule has 0 aliphatic carbocycles. The number of rotatable bonds is 4. The normalized spacial score (nSPS) is 12.0. The first-order valence-electron chi connectivity index (χ1n) is 5.99.